The van der Waals surface area contributed by atoms with Crippen molar-refractivity contribution in [3.63, 3.8) is 0 Å². The number of benzene rings is 1. The summed E-state index contributed by atoms with van der Waals surface area (Å²) < 4.78 is 0. The van der Waals surface area contributed by atoms with Crippen molar-refractivity contribution in [3.8, 4) is 0 Å². The van der Waals surface area contributed by atoms with Gasteiger partial charge in [0.25, 0.3) is 0 Å². The Morgan fingerprint density at radius 2 is 1.56 bits per heavy atom. The summed E-state index contributed by atoms with van der Waals surface area (Å²) in [6.45, 7) is 3.54. The van der Waals surface area contributed by atoms with Crippen LogP contribution in [0.4, 0.5) is 0 Å². The van der Waals surface area contributed by atoms with Crippen molar-refractivity contribution in [3.05, 3.63) is 35.9 Å². The molecule has 1 N–H and O–H groups in total. The molecule has 1 saturated heterocycles. The third-order valence-electron chi connectivity index (χ3n) is 6.45. The van der Waals surface area contributed by atoms with E-state index in [9.17, 15) is 14.4 Å². The molecule has 0 spiro atoms. The van der Waals surface area contributed by atoms with E-state index >= 15 is 0 Å². The number of hydrogen-bond acceptors (Lipinski definition) is 3. The molecule has 1 heterocycles. The molecular formula is C20H22Br2N2O3. The quantitative estimate of drug-likeness (QED) is 0.513. The Kier molecular flexibility index (Phi) is 4.95. The Balaban J connectivity index is 1.49. The number of imide groups is 1. The summed E-state index contributed by atoms with van der Waals surface area (Å²) in [6.07, 6.45) is 0.887. The molecule has 27 heavy (non-hydrogen) atoms. The third-order valence-corrected chi connectivity index (χ3v) is 9.65. The number of rotatable bonds is 4. The minimum absolute atomic E-state index is 0.157. The first-order chi connectivity index (χ1) is 12.8. The van der Waals surface area contributed by atoms with Gasteiger partial charge in [0.1, 0.15) is 6.04 Å². The molecule has 3 aliphatic rings. The number of hydrogen-bond donors (Lipinski definition) is 1. The molecule has 7 heteroatoms. The second-order valence-corrected chi connectivity index (χ2v) is 9.98. The highest BCUT2D eigenvalue weighted by molar-refractivity contribution is 9.12. The molecule has 0 unspecified atom stereocenters. The first-order valence-corrected chi connectivity index (χ1v) is 11.2. The molecule has 5 nitrogen and oxygen atoms in total. The van der Waals surface area contributed by atoms with Crippen LogP contribution in [0.15, 0.2) is 30.3 Å². The van der Waals surface area contributed by atoms with Gasteiger partial charge in [-0.05, 0) is 37.7 Å². The molecule has 1 aromatic carbocycles. The fourth-order valence-corrected chi connectivity index (χ4v) is 6.90. The summed E-state index contributed by atoms with van der Waals surface area (Å²) in [5.41, 5.74) is 0.983. The Morgan fingerprint density at radius 3 is 2.07 bits per heavy atom. The smallest absolute Gasteiger partial charge is 0.243 e. The number of carbonyl (C=O) groups is 3. The first kappa shape index (κ1) is 19.1. The Hall–Kier alpha value is -1.21. The summed E-state index contributed by atoms with van der Waals surface area (Å²) in [7, 11) is 0. The van der Waals surface area contributed by atoms with E-state index < -0.39 is 6.04 Å². The summed E-state index contributed by atoms with van der Waals surface area (Å²) in [5, 5.41) is 2.93. The van der Waals surface area contributed by atoms with Gasteiger partial charge in [0.05, 0.1) is 17.9 Å². The van der Waals surface area contributed by atoms with E-state index in [1.807, 2.05) is 37.3 Å². The number of likely N-dealkylation sites (tertiary alicyclic amines) is 1. The average Bonchev–Trinajstić information content (AvgIpc) is 3.26. The van der Waals surface area contributed by atoms with Gasteiger partial charge < -0.3 is 5.32 Å². The van der Waals surface area contributed by atoms with Crippen molar-refractivity contribution in [1.82, 2.24) is 10.2 Å². The molecule has 3 fully saturated rings. The van der Waals surface area contributed by atoms with Crippen LogP contribution in [0.1, 0.15) is 31.9 Å². The molecule has 4 rings (SSSR count). The largest absolute Gasteiger partial charge is 0.348 e. The minimum Gasteiger partial charge on any atom is -0.348 e. The third kappa shape index (κ3) is 2.89. The second-order valence-electron chi connectivity index (χ2n) is 7.87. The van der Waals surface area contributed by atoms with Crippen molar-refractivity contribution in [2.45, 2.75) is 42.0 Å². The zero-order valence-corrected chi connectivity index (χ0v) is 18.3. The molecule has 2 bridgehead atoms. The van der Waals surface area contributed by atoms with Crippen LogP contribution in [-0.2, 0) is 14.4 Å². The normalized spacial score (nSPS) is 36.7. The Morgan fingerprint density at radius 1 is 1.04 bits per heavy atom. The van der Waals surface area contributed by atoms with Gasteiger partial charge in [-0.15, -0.1) is 0 Å². The number of carbonyl (C=O) groups excluding carboxylic acids is 3. The van der Waals surface area contributed by atoms with Gasteiger partial charge in [-0.3, -0.25) is 19.3 Å². The first-order valence-electron chi connectivity index (χ1n) is 9.33. The molecule has 2 aliphatic carbocycles. The summed E-state index contributed by atoms with van der Waals surface area (Å²) in [5.74, 6) is -0.933. The number of fused-ring (bicyclic) bond motifs is 5. The fourth-order valence-electron chi connectivity index (χ4n) is 5.03. The molecule has 0 aromatic heterocycles. The number of nitrogens with zero attached hydrogens (tertiary/aromatic N) is 1. The van der Waals surface area contributed by atoms with E-state index in [1.54, 1.807) is 6.92 Å². The average molecular weight is 498 g/mol. The van der Waals surface area contributed by atoms with Crippen LogP contribution < -0.4 is 5.32 Å². The van der Waals surface area contributed by atoms with Crippen molar-refractivity contribution in [2.24, 2.45) is 23.7 Å². The van der Waals surface area contributed by atoms with Gasteiger partial charge in [0.2, 0.25) is 17.7 Å². The maximum atomic E-state index is 13.0. The molecular weight excluding hydrogens is 476 g/mol. The van der Waals surface area contributed by atoms with Crippen LogP contribution in [0.25, 0.3) is 0 Å². The molecule has 8 atom stereocenters. The number of nitrogens with one attached hydrogen (secondary N) is 1. The van der Waals surface area contributed by atoms with Crippen LogP contribution in [0.3, 0.4) is 0 Å². The van der Waals surface area contributed by atoms with Gasteiger partial charge in [-0.1, -0.05) is 62.2 Å². The lowest BCUT2D eigenvalue weighted by atomic mass is 9.81. The van der Waals surface area contributed by atoms with Crippen LogP contribution in [0, 0.1) is 23.7 Å². The fraction of sp³-hybridized carbons (Fsp3) is 0.550. The summed E-state index contributed by atoms with van der Waals surface area (Å²) in [4.78, 5) is 40.4. The predicted octanol–water partition coefficient (Wildman–Crippen LogP) is 3.03. The summed E-state index contributed by atoms with van der Waals surface area (Å²) >= 11 is 7.36. The van der Waals surface area contributed by atoms with Crippen molar-refractivity contribution >= 4 is 49.6 Å². The maximum Gasteiger partial charge on any atom is 0.243 e. The lowest BCUT2D eigenvalue weighted by Crippen LogP contribution is -2.49. The Labute approximate surface area is 175 Å². The van der Waals surface area contributed by atoms with E-state index in [4.69, 9.17) is 0 Å². The van der Waals surface area contributed by atoms with Crippen LogP contribution in [-0.4, -0.2) is 38.3 Å². The van der Waals surface area contributed by atoms with E-state index in [1.165, 1.54) is 4.90 Å². The Bertz CT molecular complexity index is 755. The molecule has 1 aliphatic heterocycles. The summed E-state index contributed by atoms with van der Waals surface area (Å²) in [6, 6.07) is 8.64. The standard InChI is InChI=1S/C20H22Br2N2O3/c1-9(11-6-4-3-5-7-11)23-18(25)10(2)24-19(26)14-12-8-13(15(14)20(24)27)17(22)16(12)21/h3-7,9-10,12-17H,8H2,1-2H3,(H,23,25)/t9-,10-,12+,13+,14-,15+,16-,17+/m1/s1. The maximum absolute atomic E-state index is 13.0. The van der Waals surface area contributed by atoms with Gasteiger partial charge in [0, 0.05) is 9.65 Å². The lowest BCUT2D eigenvalue weighted by Gasteiger charge is -2.28. The van der Waals surface area contributed by atoms with Crippen molar-refractivity contribution in [1.29, 1.82) is 0 Å². The molecule has 2 saturated carbocycles. The van der Waals surface area contributed by atoms with Crippen molar-refractivity contribution < 1.29 is 14.4 Å². The zero-order chi connectivity index (χ0) is 19.5. The molecule has 1 aromatic rings. The highest BCUT2D eigenvalue weighted by atomic mass is 79.9. The monoisotopic (exact) mass is 496 g/mol. The van der Waals surface area contributed by atoms with E-state index in [0.717, 1.165) is 12.0 Å². The van der Waals surface area contributed by atoms with Gasteiger partial charge in [-0.2, -0.15) is 0 Å². The lowest BCUT2D eigenvalue weighted by molar-refractivity contribution is -0.148. The van der Waals surface area contributed by atoms with Crippen molar-refractivity contribution in [2.75, 3.05) is 0 Å². The highest BCUT2D eigenvalue weighted by Gasteiger charge is 2.67. The van der Waals surface area contributed by atoms with E-state index in [0.29, 0.717) is 0 Å². The SMILES string of the molecule is C[C@H](C(=O)N[C@H](C)c1ccccc1)N1C(=O)[C@@H]2[C@@H]3C[C@H]([C@H](Br)[C@@H]3Br)[C@@H]2C1=O. The minimum atomic E-state index is -0.802. The van der Waals surface area contributed by atoms with Gasteiger partial charge >= 0.3 is 0 Å². The van der Waals surface area contributed by atoms with Crippen LogP contribution in [0.5, 0.6) is 0 Å². The molecule has 0 radical (unpaired) electrons. The second kappa shape index (κ2) is 6.99. The topological polar surface area (TPSA) is 66.5 Å². The van der Waals surface area contributed by atoms with Gasteiger partial charge in [-0.25, -0.2) is 0 Å². The highest BCUT2D eigenvalue weighted by Crippen LogP contribution is 2.60. The van der Waals surface area contributed by atoms with Crippen LogP contribution >= 0.6 is 31.9 Å². The number of amides is 3. The number of halogens is 2. The zero-order valence-electron chi connectivity index (χ0n) is 15.1. The molecule has 3 amide bonds. The van der Waals surface area contributed by atoms with E-state index in [2.05, 4.69) is 37.2 Å². The van der Waals surface area contributed by atoms with E-state index in [-0.39, 0.29) is 57.1 Å². The molecule has 144 valence electrons. The number of alkyl halides is 2. The predicted molar refractivity (Wildman–Crippen MR) is 108 cm³/mol. The van der Waals surface area contributed by atoms with Gasteiger partial charge in [0.15, 0.2) is 0 Å². The van der Waals surface area contributed by atoms with Crippen LogP contribution in [0.2, 0.25) is 0 Å².